The minimum atomic E-state index is -5.16. The SMILES string of the molecule is O=C(O)C(NC(=O)C(F)(F)F)c1ccc(O)cc1. The third-order valence-electron chi connectivity index (χ3n) is 2.01. The Morgan fingerprint density at radius 2 is 1.67 bits per heavy atom. The number of carboxylic acids is 1. The third-order valence-corrected chi connectivity index (χ3v) is 2.01. The number of hydrogen-bond acceptors (Lipinski definition) is 3. The Balaban J connectivity index is 2.94. The molecule has 1 rings (SSSR count). The number of phenolic OH excluding ortho intramolecular Hbond substituents is 1. The summed E-state index contributed by atoms with van der Waals surface area (Å²) in [5, 5.41) is 19.1. The summed E-state index contributed by atoms with van der Waals surface area (Å²) in [5.41, 5.74) is -0.0853. The summed E-state index contributed by atoms with van der Waals surface area (Å²) in [6.07, 6.45) is -5.16. The third kappa shape index (κ3) is 3.37. The number of aromatic hydroxyl groups is 1. The lowest BCUT2D eigenvalue weighted by atomic mass is 10.1. The molecule has 98 valence electrons. The average molecular weight is 263 g/mol. The van der Waals surface area contributed by atoms with E-state index in [4.69, 9.17) is 10.2 Å². The van der Waals surface area contributed by atoms with Gasteiger partial charge in [-0.3, -0.25) is 4.79 Å². The summed E-state index contributed by atoms with van der Waals surface area (Å²) in [6, 6.07) is 2.57. The van der Waals surface area contributed by atoms with Gasteiger partial charge in [-0.25, -0.2) is 4.79 Å². The second-order valence-electron chi connectivity index (χ2n) is 3.33. The normalized spacial score (nSPS) is 12.8. The monoisotopic (exact) mass is 263 g/mol. The van der Waals surface area contributed by atoms with Crippen molar-refractivity contribution in [2.75, 3.05) is 0 Å². The van der Waals surface area contributed by atoms with Gasteiger partial charge >= 0.3 is 18.1 Å². The number of nitrogens with one attached hydrogen (secondary N) is 1. The predicted molar refractivity (Wildman–Crippen MR) is 52.7 cm³/mol. The molecule has 1 atom stereocenters. The Labute approximate surface area is 98.8 Å². The quantitative estimate of drug-likeness (QED) is 0.764. The number of amides is 1. The Hall–Kier alpha value is -2.25. The van der Waals surface area contributed by atoms with Crippen molar-refractivity contribution >= 4 is 11.9 Å². The van der Waals surface area contributed by atoms with Crippen LogP contribution in [0.3, 0.4) is 0 Å². The van der Waals surface area contributed by atoms with Gasteiger partial charge < -0.3 is 15.5 Å². The number of aliphatic carboxylic acids is 1. The van der Waals surface area contributed by atoms with E-state index in [0.29, 0.717) is 0 Å². The van der Waals surface area contributed by atoms with E-state index in [2.05, 4.69) is 0 Å². The summed E-state index contributed by atoms with van der Waals surface area (Å²) >= 11 is 0. The highest BCUT2D eigenvalue weighted by atomic mass is 19.4. The van der Waals surface area contributed by atoms with Crippen LogP contribution in [0, 0.1) is 0 Å². The van der Waals surface area contributed by atoms with E-state index in [-0.39, 0.29) is 11.3 Å². The van der Waals surface area contributed by atoms with Crippen molar-refractivity contribution in [3.05, 3.63) is 29.8 Å². The molecule has 0 radical (unpaired) electrons. The summed E-state index contributed by atoms with van der Waals surface area (Å²) in [4.78, 5) is 21.5. The smallest absolute Gasteiger partial charge is 0.471 e. The molecule has 3 N–H and O–H groups in total. The molecule has 0 aromatic heterocycles. The van der Waals surface area contributed by atoms with Crippen LogP contribution in [0.15, 0.2) is 24.3 Å². The first-order chi connectivity index (χ1) is 8.21. The number of halogens is 3. The Kier molecular flexibility index (Phi) is 3.79. The van der Waals surface area contributed by atoms with E-state index in [1.165, 1.54) is 5.32 Å². The van der Waals surface area contributed by atoms with Crippen molar-refractivity contribution in [1.82, 2.24) is 5.32 Å². The van der Waals surface area contributed by atoms with Crippen LogP contribution in [0.5, 0.6) is 5.75 Å². The molecule has 1 aromatic carbocycles. The van der Waals surface area contributed by atoms with Crippen LogP contribution in [0.2, 0.25) is 0 Å². The molecule has 0 bridgehead atoms. The molecular formula is C10H8F3NO4. The maximum absolute atomic E-state index is 12.0. The van der Waals surface area contributed by atoms with E-state index in [1.807, 2.05) is 0 Å². The van der Waals surface area contributed by atoms with Gasteiger partial charge in [-0.1, -0.05) is 12.1 Å². The zero-order valence-corrected chi connectivity index (χ0v) is 8.73. The molecule has 5 nitrogen and oxygen atoms in total. The second kappa shape index (κ2) is 4.94. The van der Waals surface area contributed by atoms with E-state index >= 15 is 0 Å². The van der Waals surface area contributed by atoms with E-state index in [9.17, 15) is 22.8 Å². The molecule has 1 unspecified atom stereocenters. The number of carbonyl (C=O) groups excluding carboxylic acids is 1. The second-order valence-corrected chi connectivity index (χ2v) is 3.33. The lowest BCUT2D eigenvalue weighted by Crippen LogP contribution is -2.41. The Bertz CT molecular complexity index is 455. The van der Waals surface area contributed by atoms with E-state index in [1.54, 1.807) is 0 Å². The summed E-state index contributed by atoms with van der Waals surface area (Å²) in [7, 11) is 0. The fraction of sp³-hybridized carbons (Fsp3) is 0.200. The minimum Gasteiger partial charge on any atom is -0.508 e. The van der Waals surface area contributed by atoms with Gasteiger partial charge in [0.25, 0.3) is 0 Å². The average Bonchev–Trinajstić information content (AvgIpc) is 2.25. The highest BCUT2D eigenvalue weighted by Gasteiger charge is 2.41. The van der Waals surface area contributed by atoms with Crippen LogP contribution in [0.4, 0.5) is 13.2 Å². The molecule has 0 aliphatic rings. The molecule has 1 amide bonds. The fourth-order valence-corrected chi connectivity index (χ4v) is 1.17. The first-order valence-electron chi connectivity index (χ1n) is 4.61. The van der Waals surface area contributed by atoms with Crippen LogP contribution < -0.4 is 5.32 Å². The van der Waals surface area contributed by atoms with Gasteiger partial charge in [0.15, 0.2) is 6.04 Å². The standard InChI is InChI=1S/C10H8F3NO4/c11-10(12,13)9(18)14-7(8(16)17)5-1-3-6(15)4-2-5/h1-4,7,15H,(H,14,18)(H,16,17). The number of carboxylic acid groups (broad SMARTS) is 1. The zero-order valence-electron chi connectivity index (χ0n) is 8.73. The van der Waals surface area contributed by atoms with Crippen molar-refractivity contribution in [3.63, 3.8) is 0 Å². The first kappa shape index (κ1) is 13.8. The Morgan fingerprint density at radius 3 is 2.06 bits per heavy atom. The Morgan fingerprint density at radius 1 is 1.17 bits per heavy atom. The lowest BCUT2D eigenvalue weighted by molar-refractivity contribution is -0.175. The number of alkyl halides is 3. The van der Waals surface area contributed by atoms with Crippen LogP contribution in [0.25, 0.3) is 0 Å². The van der Waals surface area contributed by atoms with Crippen molar-refractivity contribution in [3.8, 4) is 5.75 Å². The van der Waals surface area contributed by atoms with Crippen molar-refractivity contribution in [2.24, 2.45) is 0 Å². The lowest BCUT2D eigenvalue weighted by Gasteiger charge is -2.16. The van der Waals surface area contributed by atoms with Gasteiger partial charge in [0, 0.05) is 0 Å². The number of hydrogen-bond donors (Lipinski definition) is 3. The summed E-state index contributed by atoms with van der Waals surface area (Å²) in [5.74, 6) is -4.16. The van der Waals surface area contributed by atoms with Crippen LogP contribution in [-0.4, -0.2) is 28.3 Å². The molecule has 0 aliphatic carbocycles. The highest BCUT2D eigenvalue weighted by Crippen LogP contribution is 2.20. The van der Waals surface area contributed by atoms with Gasteiger partial charge in [-0.15, -0.1) is 0 Å². The van der Waals surface area contributed by atoms with Crippen molar-refractivity contribution in [2.45, 2.75) is 12.2 Å². The number of benzene rings is 1. The van der Waals surface area contributed by atoms with Crippen LogP contribution in [0.1, 0.15) is 11.6 Å². The molecule has 0 spiro atoms. The summed E-state index contributed by atoms with van der Waals surface area (Å²) in [6.45, 7) is 0. The maximum Gasteiger partial charge on any atom is 0.471 e. The van der Waals surface area contributed by atoms with Gasteiger partial charge in [-0.2, -0.15) is 13.2 Å². The molecule has 0 aliphatic heterocycles. The molecule has 0 saturated heterocycles. The molecule has 0 heterocycles. The zero-order chi connectivity index (χ0) is 13.9. The van der Waals surface area contributed by atoms with Crippen LogP contribution in [-0.2, 0) is 9.59 Å². The fourth-order valence-electron chi connectivity index (χ4n) is 1.17. The van der Waals surface area contributed by atoms with E-state index < -0.39 is 24.1 Å². The molecular weight excluding hydrogens is 255 g/mol. The number of carbonyl (C=O) groups is 2. The largest absolute Gasteiger partial charge is 0.508 e. The molecule has 18 heavy (non-hydrogen) atoms. The molecule has 0 saturated carbocycles. The minimum absolute atomic E-state index is 0.0853. The van der Waals surface area contributed by atoms with Crippen molar-refractivity contribution < 1.29 is 33.0 Å². The van der Waals surface area contributed by atoms with Gasteiger partial charge in [0.05, 0.1) is 0 Å². The molecule has 8 heteroatoms. The van der Waals surface area contributed by atoms with Crippen molar-refractivity contribution in [1.29, 1.82) is 0 Å². The van der Waals surface area contributed by atoms with Gasteiger partial charge in [0.2, 0.25) is 0 Å². The van der Waals surface area contributed by atoms with Crippen LogP contribution >= 0.6 is 0 Å². The van der Waals surface area contributed by atoms with E-state index in [0.717, 1.165) is 24.3 Å². The highest BCUT2D eigenvalue weighted by molar-refractivity contribution is 5.87. The molecule has 1 aromatic rings. The van der Waals surface area contributed by atoms with Gasteiger partial charge in [-0.05, 0) is 17.7 Å². The number of rotatable bonds is 3. The van der Waals surface area contributed by atoms with Gasteiger partial charge in [0.1, 0.15) is 5.75 Å². The maximum atomic E-state index is 12.0. The number of phenols is 1. The topological polar surface area (TPSA) is 86.6 Å². The predicted octanol–water partition coefficient (Wildman–Crippen LogP) is 1.20. The summed E-state index contributed by atoms with van der Waals surface area (Å²) < 4.78 is 36.0. The first-order valence-corrected chi connectivity index (χ1v) is 4.61. The molecule has 0 fully saturated rings.